The maximum Gasteiger partial charge on any atom is 0.243 e. The summed E-state index contributed by atoms with van der Waals surface area (Å²) >= 11 is 0. The Hall–Kier alpha value is -0.960. The molecule has 6 nitrogen and oxygen atoms in total. The summed E-state index contributed by atoms with van der Waals surface area (Å²) in [6.45, 7) is 9.97. The average molecular weight is 403 g/mol. The predicted octanol–water partition coefficient (Wildman–Crippen LogP) is 2.31. The largest absolute Gasteiger partial charge is 0.243 e. The van der Waals surface area contributed by atoms with Crippen LogP contribution in [0.5, 0.6) is 0 Å². The highest BCUT2D eigenvalue weighted by atomic mass is 32.2. The Labute approximate surface area is 158 Å². The highest BCUT2D eigenvalue weighted by molar-refractivity contribution is 7.89. The van der Waals surface area contributed by atoms with E-state index in [1.807, 2.05) is 34.6 Å². The van der Waals surface area contributed by atoms with Gasteiger partial charge in [-0.05, 0) is 30.9 Å². The zero-order valence-electron chi connectivity index (χ0n) is 16.4. The smallest absolute Gasteiger partial charge is 0.212 e. The minimum Gasteiger partial charge on any atom is -0.212 e. The standard InChI is InChI=1S/C18H30N2O4S2/c1-13(2)17-12-20(18(14(3)4)11-19(17)25(6,21)22)26(23,24)16-9-7-15(5)8-10-16/h7-10,13-14,17-18H,11-12H2,1-6H3/t17-,18-/m1/s1. The Morgan fingerprint density at radius 3 is 1.69 bits per heavy atom. The van der Waals surface area contributed by atoms with Crippen LogP contribution in [0.1, 0.15) is 33.3 Å². The SMILES string of the molecule is Cc1ccc(S(=O)(=O)N2C[C@H](C(C)C)N(S(C)(=O)=O)C[C@@H]2C(C)C)cc1. The fraction of sp³-hybridized carbons (Fsp3) is 0.667. The van der Waals surface area contributed by atoms with Crippen LogP contribution in [0.3, 0.4) is 0 Å². The molecule has 148 valence electrons. The minimum absolute atomic E-state index is 0.00687. The molecular weight excluding hydrogens is 372 g/mol. The first-order chi connectivity index (χ1) is 11.9. The number of sulfonamides is 2. The van der Waals surface area contributed by atoms with E-state index in [9.17, 15) is 16.8 Å². The van der Waals surface area contributed by atoms with Crippen LogP contribution in [0.25, 0.3) is 0 Å². The zero-order valence-corrected chi connectivity index (χ0v) is 18.0. The monoisotopic (exact) mass is 402 g/mol. The van der Waals surface area contributed by atoms with Gasteiger partial charge in [-0.1, -0.05) is 45.4 Å². The van der Waals surface area contributed by atoms with Crippen LogP contribution in [0.15, 0.2) is 29.2 Å². The Kier molecular flexibility index (Phi) is 6.22. The number of hydrogen-bond acceptors (Lipinski definition) is 4. The minimum atomic E-state index is -3.70. The van der Waals surface area contributed by atoms with E-state index in [-0.39, 0.29) is 35.9 Å². The van der Waals surface area contributed by atoms with Crippen molar-refractivity contribution in [3.05, 3.63) is 29.8 Å². The van der Waals surface area contributed by atoms with Crippen molar-refractivity contribution in [2.45, 2.75) is 51.6 Å². The molecule has 1 aromatic rings. The summed E-state index contributed by atoms with van der Waals surface area (Å²) in [6.07, 6.45) is 1.20. The van der Waals surface area contributed by atoms with Crippen molar-refractivity contribution in [2.75, 3.05) is 19.3 Å². The second-order valence-electron chi connectivity index (χ2n) is 7.84. The van der Waals surface area contributed by atoms with Crippen molar-refractivity contribution in [1.82, 2.24) is 8.61 Å². The Morgan fingerprint density at radius 2 is 1.27 bits per heavy atom. The van der Waals surface area contributed by atoms with E-state index in [0.717, 1.165) is 5.56 Å². The summed E-state index contributed by atoms with van der Waals surface area (Å²) in [4.78, 5) is 0.254. The molecule has 0 unspecified atom stereocenters. The van der Waals surface area contributed by atoms with Gasteiger partial charge in [-0.3, -0.25) is 0 Å². The van der Waals surface area contributed by atoms with Gasteiger partial charge in [0.05, 0.1) is 11.2 Å². The lowest BCUT2D eigenvalue weighted by Gasteiger charge is -2.47. The summed E-state index contributed by atoms with van der Waals surface area (Å²) in [5.41, 5.74) is 0.992. The maximum absolute atomic E-state index is 13.3. The van der Waals surface area contributed by atoms with Crippen molar-refractivity contribution >= 4 is 20.0 Å². The van der Waals surface area contributed by atoms with E-state index < -0.39 is 26.1 Å². The quantitative estimate of drug-likeness (QED) is 0.757. The molecule has 1 fully saturated rings. The molecule has 0 saturated carbocycles. The lowest BCUT2D eigenvalue weighted by atomic mass is 9.96. The van der Waals surface area contributed by atoms with Gasteiger partial charge in [0, 0.05) is 25.2 Å². The van der Waals surface area contributed by atoms with Gasteiger partial charge >= 0.3 is 0 Å². The Morgan fingerprint density at radius 1 is 0.846 bits per heavy atom. The summed E-state index contributed by atoms with van der Waals surface area (Å²) < 4.78 is 54.2. The van der Waals surface area contributed by atoms with Crippen LogP contribution >= 0.6 is 0 Å². The molecule has 1 aromatic carbocycles. The molecular formula is C18H30N2O4S2. The number of benzene rings is 1. The van der Waals surface area contributed by atoms with Gasteiger partial charge < -0.3 is 0 Å². The molecule has 1 heterocycles. The molecule has 26 heavy (non-hydrogen) atoms. The first-order valence-electron chi connectivity index (χ1n) is 8.91. The highest BCUT2D eigenvalue weighted by Crippen LogP contribution is 2.31. The van der Waals surface area contributed by atoms with Crippen molar-refractivity contribution < 1.29 is 16.8 Å². The van der Waals surface area contributed by atoms with E-state index in [1.54, 1.807) is 24.3 Å². The van der Waals surface area contributed by atoms with Crippen LogP contribution in [-0.2, 0) is 20.0 Å². The number of piperazine rings is 1. The van der Waals surface area contributed by atoms with Crippen molar-refractivity contribution in [3.63, 3.8) is 0 Å². The summed E-state index contributed by atoms with van der Waals surface area (Å²) in [5, 5.41) is 0. The van der Waals surface area contributed by atoms with E-state index in [4.69, 9.17) is 0 Å². The van der Waals surface area contributed by atoms with Gasteiger partial charge in [-0.25, -0.2) is 16.8 Å². The van der Waals surface area contributed by atoms with Gasteiger partial charge in [0.2, 0.25) is 20.0 Å². The van der Waals surface area contributed by atoms with Gasteiger partial charge in [-0.2, -0.15) is 8.61 Å². The third-order valence-electron chi connectivity index (χ3n) is 5.07. The first-order valence-corrected chi connectivity index (χ1v) is 12.2. The second kappa shape index (κ2) is 7.58. The molecule has 0 amide bonds. The molecule has 1 aliphatic heterocycles. The summed E-state index contributed by atoms with van der Waals surface area (Å²) in [5.74, 6) is 0.00106. The molecule has 0 radical (unpaired) electrons. The maximum atomic E-state index is 13.3. The lowest BCUT2D eigenvalue weighted by Crippen LogP contribution is -2.63. The topological polar surface area (TPSA) is 74.8 Å². The molecule has 0 aromatic heterocycles. The molecule has 2 rings (SSSR count). The number of hydrogen-bond donors (Lipinski definition) is 0. The molecule has 1 saturated heterocycles. The van der Waals surface area contributed by atoms with E-state index in [2.05, 4.69) is 0 Å². The number of aryl methyl sites for hydroxylation is 1. The van der Waals surface area contributed by atoms with Crippen molar-refractivity contribution in [3.8, 4) is 0 Å². The van der Waals surface area contributed by atoms with E-state index in [0.29, 0.717) is 0 Å². The summed E-state index contributed by atoms with van der Waals surface area (Å²) in [7, 11) is -7.11. The van der Waals surface area contributed by atoms with Gasteiger partial charge in [0.25, 0.3) is 0 Å². The third-order valence-corrected chi connectivity index (χ3v) is 8.24. The fourth-order valence-electron chi connectivity index (χ4n) is 3.41. The fourth-order valence-corrected chi connectivity index (χ4v) is 6.40. The molecule has 0 aliphatic carbocycles. The van der Waals surface area contributed by atoms with Crippen molar-refractivity contribution in [2.24, 2.45) is 11.8 Å². The van der Waals surface area contributed by atoms with Gasteiger partial charge in [0.15, 0.2) is 0 Å². The van der Waals surface area contributed by atoms with Crippen LogP contribution in [0.2, 0.25) is 0 Å². The van der Waals surface area contributed by atoms with Gasteiger partial charge in [-0.15, -0.1) is 0 Å². The number of nitrogens with zero attached hydrogens (tertiary/aromatic N) is 2. The molecule has 1 aliphatic rings. The molecule has 8 heteroatoms. The predicted molar refractivity (Wildman–Crippen MR) is 104 cm³/mol. The van der Waals surface area contributed by atoms with Crippen LogP contribution in [0.4, 0.5) is 0 Å². The van der Waals surface area contributed by atoms with Crippen LogP contribution < -0.4 is 0 Å². The van der Waals surface area contributed by atoms with E-state index in [1.165, 1.54) is 14.9 Å². The Balaban J connectivity index is 2.50. The third kappa shape index (κ3) is 4.30. The molecule has 2 atom stereocenters. The lowest BCUT2D eigenvalue weighted by molar-refractivity contribution is 0.0947. The molecule has 0 N–H and O–H groups in total. The normalized spacial score (nSPS) is 23.7. The van der Waals surface area contributed by atoms with Crippen LogP contribution in [0, 0.1) is 18.8 Å². The average Bonchev–Trinajstić information content (AvgIpc) is 2.52. The van der Waals surface area contributed by atoms with Gasteiger partial charge in [0.1, 0.15) is 0 Å². The second-order valence-corrected chi connectivity index (χ2v) is 11.7. The highest BCUT2D eigenvalue weighted by Gasteiger charge is 2.45. The first kappa shape index (κ1) is 21.3. The van der Waals surface area contributed by atoms with Crippen LogP contribution in [-0.4, -0.2) is 56.9 Å². The molecule has 0 spiro atoms. The zero-order chi connectivity index (χ0) is 19.9. The van der Waals surface area contributed by atoms with Crippen molar-refractivity contribution in [1.29, 1.82) is 0 Å². The van der Waals surface area contributed by atoms with E-state index >= 15 is 0 Å². The summed E-state index contributed by atoms with van der Waals surface area (Å²) in [6, 6.07) is 6.03. The number of rotatable bonds is 5. The Bertz CT molecular complexity index is 830. The molecule has 0 bridgehead atoms.